The number of hydrogen-bond acceptors (Lipinski definition) is 3. The van der Waals surface area contributed by atoms with E-state index in [-0.39, 0.29) is 12.1 Å². The summed E-state index contributed by atoms with van der Waals surface area (Å²) in [7, 11) is 3.16. The fourth-order valence-corrected chi connectivity index (χ4v) is 2.49. The van der Waals surface area contributed by atoms with Crippen LogP contribution in [0, 0.1) is 0 Å². The predicted octanol–water partition coefficient (Wildman–Crippen LogP) is 3.72. The summed E-state index contributed by atoms with van der Waals surface area (Å²) < 4.78 is 4.72. The second kappa shape index (κ2) is 9.13. The van der Waals surface area contributed by atoms with Crippen molar-refractivity contribution in [3.05, 3.63) is 42.5 Å². The summed E-state index contributed by atoms with van der Waals surface area (Å²) in [5, 5.41) is 0. The van der Waals surface area contributed by atoms with Gasteiger partial charge in [-0.1, -0.05) is 31.2 Å². The highest BCUT2D eigenvalue weighted by Gasteiger charge is 2.15. The second-order valence-electron chi connectivity index (χ2n) is 5.40. The molecule has 4 nitrogen and oxygen atoms in total. The molecular weight excluding hydrogens is 276 g/mol. The van der Waals surface area contributed by atoms with Crippen molar-refractivity contribution in [2.75, 3.05) is 32.1 Å². The van der Waals surface area contributed by atoms with Crippen LogP contribution in [0.3, 0.4) is 0 Å². The molecule has 22 heavy (non-hydrogen) atoms. The molecule has 0 aliphatic carbocycles. The number of rotatable bonds is 8. The van der Waals surface area contributed by atoms with E-state index in [1.807, 2.05) is 6.08 Å². The Bertz CT molecular complexity index is 488. The van der Waals surface area contributed by atoms with Crippen molar-refractivity contribution >= 4 is 11.8 Å². The number of hydrogen-bond donors (Lipinski definition) is 0. The van der Waals surface area contributed by atoms with Crippen LogP contribution in [0.1, 0.15) is 25.8 Å². The van der Waals surface area contributed by atoms with Gasteiger partial charge in [0.05, 0.1) is 7.11 Å². The Kier molecular flexibility index (Phi) is 7.50. The van der Waals surface area contributed by atoms with Crippen molar-refractivity contribution in [2.45, 2.75) is 32.7 Å². The van der Waals surface area contributed by atoms with Crippen LogP contribution in [0.5, 0.6) is 0 Å². The minimum atomic E-state index is -0.294. The summed E-state index contributed by atoms with van der Waals surface area (Å²) in [4.78, 5) is 15.4. The fourth-order valence-electron chi connectivity index (χ4n) is 2.49. The summed E-state index contributed by atoms with van der Waals surface area (Å²) in [6, 6.07) is 8.71. The Labute approximate surface area is 134 Å². The molecule has 0 spiro atoms. The predicted molar refractivity (Wildman–Crippen MR) is 92.5 cm³/mol. The number of carbonyl (C=O) groups is 1. The van der Waals surface area contributed by atoms with E-state index in [0.717, 1.165) is 19.4 Å². The van der Waals surface area contributed by atoms with Gasteiger partial charge in [0.1, 0.15) is 0 Å². The summed E-state index contributed by atoms with van der Waals surface area (Å²) >= 11 is 0. The van der Waals surface area contributed by atoms with Crippen molar-refractivity contribution in [2.24, 2.45) is 0 Å². The number of ether oxygens (including phenoxy) is 1. The molecule has 1 aromatic rings. The summed E-state index contributed by atoms with van der Waals surface area (Å²) in [5.74, 6) is 0. The zero-order chi connectivity index (χ0) is 16.5. The number of methoxy groups -OCH3 is 1. The van der Waals surface area contributed by atoms with E-state index < -0.39 is 0 Å². The third-order valence-corrected chi connectivity index (χ3v) is 3.89. The Morgan fingerprint density at radius 2 is 2.05 bits per heavy atom. The van der Waals surface area contributed by atoms with Gasteiger partial charge in [0.25, 0.3) is 0 Å². The second-order valence-corrected chi connectivity index (χ2v) is 5.40. The van der Waals surface area contributed by atoms with Gasteiger partial charge < -0.3 is 14.5 Å². The van der Waals surface area contributed by atoms with Crippen LogP contribution >= 0.6 is 0 Å². The molecule has 0 saturated heterocycles. The molecule has 0 heterocycles. The molecule has 0 N–H and O–H groups in total. The number of aryl methyl sites for hydroxylation is 1. The maximum absolute atomic E-state index is 11.4. The highest BCUT2D eigenvalue weighted by Crippen LogP contribution is 2.23. The molecule has 0 fully saturated rings. The van der Waals surface area contributed by atoms with Gasteiger partial charge in [-0.3, -0.25) is 0 Å². The molecule has 1 atom stereocenters. The Balaban J connectivity index is 2.78. The minimum absolute atomic E-state index is 0.246. The van der Waals surface area contributed by atoms with E-state index in [4.69, 9.17) is 4.74 Å². The lowest BCUT2D eigenvalue weighted by molar-refractivity contribution is 0.133. The van der Waals surface area contributed by atoms with Gasteiger partial charge in [0.2, 0.25) is 0 Å². The third-order valence-electron chi connectivity index (χ3n) is 3.89. The van der Waals surface area contributed by atoms with Crippen molar-refractivity contribution < 1.29 is 9.53 Å². The van der Waals surface area contributed by atoms with Gasteiger partial charge in [0.15, 0.2) is 0 Å². The van der Waals surface area contributed by atoms with Gasteiger partial charge in [-0.05, 0) is 31.4 Å². The van der Waals surface area contributed by atoms with Crippen LogP contribution in [0.15, 0.2) is 36.9 Å². The first kappa shape index (κ1) is 18.1. The van der Waals surface area contributed by atoms with Gasteiger partial charge in [0, 0.05) is 31.9 Å². The maximum atomic E-state index is 11.4. The van der Waals surface area contributed by atoms with Crippen LogP contribution in [0.4, 0.5) is 10.5 Å². The summed E-state index contributed by atoms with van der Waals surface area (Å²) in [6.45, 7) is 9.77. The van der Waals surface area contributed by atoms with Crippen molar-refractivity contribution in [1.29, 1.82) is 0 Å². The normalized spacial score (nSPS) is 11.6. The molecule has 0 saturated carbocycles. The van der Waals surface area contributed by atoms with E-state index in [2.05, 4.69) is 49.6 Å². The minimum Gasteiger partial charge on any atom is -0.453 e. The first-order valence-electron chi connectivity index (χ1n) is 7.81. The molecular formula is C18H28N2O2. The first-order valence-corrected chi connectivity index (χ1v) is 7.81. The molecule has 1 amide bonds. The van der Waals surface area contributed by atoms with E-state index in [1.165, 1.54) is 18.4 Å². The van der Waals surface area contributed by atoms with E-state index in [9.17, 15) is 4.79 Å². The van der Waals surface area contributed by atoms with E-state index in [0.29, 0.717) is 6.54 Å². The summed E-state index contributed by atoms with van der Waals surface area (Å²) in [6.07, 6.45) is 3.54. The van der Waals surface area contributed by atoms with Gasteiger partial charge >= 0.3 is 6.09 Å². The lowest BCUT2D eigenvalue weighted by Gasteiger charge is -2.32. The Morgan fingerprint density at radius 1 is 1.36 bits per heavy atom. The van der Waals surface area contributed by atoms with Crippen molar-refractivity contribution in [3.63, 3.8) is 0 Å². The molecule has 0 bridgehead atoms. The highest BCUT2D eigenvalue weighted by molar-refractivity contribution is 5.66. The molecule has 1 aromatic carbocycles. The van der Waals surface area contributed by atoms with Crippen LogP contribution < -0.4 is 4.90 Å². The Morgan fingerprint density at radius 3 is 2.64 bits per heavy atom. The highest BCUT2D eigenvalue weighted by atomic mass is 16.5. The maximum Gasteiger partial charge on any atom is 0.409 e. The average molecular weight is 304 g/mol. The molecule has 0 aliphatic rings. The number of para-hydroxylation sites is 1. The third kappa shape index (κ3) is 4.79. The molecule has 1 unspecified atom stereocenters. The number of amides is 1. The molecule has 0 aromatic heterocycles. The molecule has 0 aliphatic heterocycles. The lowest BCUT2D eigenvalue weighted by atomic mass is 10.1. The fraction of sp³-hybridized carbons (Fsp3) is 0.500. The zero-order valence-electron chi connectivity index (χ0n) is 14.2. The monoisotopic (exact) mass is 304 g/mol. The summed E-state index contributed by atoms with van der Waals surface area (Å²) in [5.41, 5.74) is 2.58. The Hall–Kier alpha value is -1.97. The molecule has 1 rings (SSSR count). The van der Waals surface area contributed by atoms with Crippen molar-refractivity contribution in [3.8, 4) is 0 Å². The van der Waals surface area contributed by atoms with Crippen LogP contribution in [0.25, 0.3) is 0 Å². The van der Waals surface area contributed by atoms with E-state index in [1.54, 1.807) is 11.9 Å². The van der Waals surface area contributed by atoms with Gasteiger partial charge in [-0.15, -0.1) is 6.58 Å². The quantitative estimate of drug-likeness (QED) is 0.686. The van der Waals surface area contributed by atoms with Crippen LogP contribution in [-0.2, 0) is 11.2 Å². The SMILES string of the molecule is C=CC(C)N(CCCN(C)C(=O)OC)c1ccccc1CC. The number of carbonyl (C=O) groups excluding carboxylic acids is 1. The van der Waals surface area contributed by atoms with E-state index >= 15 is 0 Å². The number of nitrogens with zero attached hydrogens (tertiary/aromatic N) is 2. The molecule has 4 heteroatoms. The molecule has 0 radical (unpaired) electrons. The van der Waals surface area contributed by atoms with Crippen molar-refractivity contribution in [1.82, 2.24) is 4.90 Å². The van der Waals surface area contributed by atoms with Gasteiger partial charge in [-0.25, -0.2) is 4.79 Å². The molecule has 122 valence electrons. The zero-order valence-corrected chi connectivity index (χ0v) is 14.2. The number of anilines is 1. The van der Waals surface area contributed by atoms with Crippen LogP contribution in [0.2, 0.25) is 0 Å². The number of benzene rings is 1. The first-order chi connectivity index (χ1) is 10.5. The largest absolute Gasteiger partial charge is 0.453 e. The average Bonchev–Trinajstić information content (AvgIpc) is 2.57. The topological polar surface area (TPSA) is 32.8 Å². The standard InChI is InChI=1S/C18H28N2O2/c1-6-15(3)20(14-10-13-19(4)18(21)22-5)17-12-9-8-11-16(17)7-2/h6,8-9,11-12,15H,1,7,10,13-14H2,2-5H3. The van der Waals surface area contributed by atoms with Gasteiger partial charge in [-0.2, -0.15) is 0 Å². The van der Waals surface area contributed by atoms with Crippen LogP contribution in [-0.4, -0.2) is 44.3 Å². The lowest BCUT2D eigenvalue weighted by Crippen LogP contribution is -2.36. The smallest absolute Gasteiger partial charge is 0.409 e.